The van der Waals surface area contributed by atoms with E-state index in [1.807, 2.05) is 0 Å². The lowest BCUT2D eigenvalue weighted by Gasteiger charge is -2.23. The maximum atomic E-state index is 10.5. The van der Waals surface area contributed by atoms with Crippen molar-refractivity contribution in [3.8, 4) is 0 Å². The maximum absolute atomic E-state index is 10.5. The number of carboxylic acid groups (broad SMARTS) is 1. The minimum atomic E-state index is -0.794. The highest BCUT2D eigenvalue weighted by atomic mass is 16.4. The Labute approximate surface area is 93.0 Å². The molecule has 0 bridgehead atoms. The predicted molar refractivity (Wildman–Crippen MR) is 62.7 cm³/mol. The molecule has 0 aliphatic rings. The SMILES string of the molecule is CCCC(CC)CC(C)C(N)CC(=O)O. The van der Waals surface area contributed by atoms with Gasteiger partial charge in [0.2, 0.25) is 0 Å². The summed E-state index contributed by atoms with van der Waals surface area (Å²) in [5, 5.41) is 8.65. The summed E-state index contributed by atoms with van der Waals surface area (Å²) in [5.74, 6) is 0.209. The van der Waals surface area contributed by atoms with Crippen molar-refractivity contribution in [3.63, 3.8) is 0 Å². The lowest BCUT2D eigenvalue weighted by Crippen LogP contribution is -2.32. The Morgan fingerprint density at radius 3 is 2.40 bits per heavy atom. The normalized spacial score (nSPS) is 17.1. The maximum Gasteiger partial charge on any atom is 0.304 e. The van der Waals surface area contributed by atoms with Crippen molar-refractivity contribution in [1.29, 1.82) is 0 Å². The lowest BCUT2D eigenvalue weighted by molar-refractivity contribution is -0.137. The largest absolute Gasteiger partial charge is 0.481 e. The van der Waals surface area contributed by atoms with Crippen LogP contribution in [0, 0.1) is 11.8 Å². The average molecular weight is 215 g/mol. The van der Waals surface area contributed by atoms with Crippen molar-refractivity contribution in [3.05, 3.63) is 0 Å². The predicted octanol–water partition coefficient (Wildman–Crippen LogP) is 2.64. The van der Waals surface area contributed by atoms with Crippen LogP contribution in [-0.4, -0.2) is 17.1 Å². The Morgan fingerprint density at radius 1 is 1.40 bits per heavy atom. The zero-order valence-corrected chi connectivity index (χ0v) is 10.2. The fourth-order valence-electron chi connectivity index (χ4n) is 2.00. The van der Waals surface area contributed by atoms with Crippen molar-refractivity contribution in [2.24, 2.45) is 17.6 Å². The molecule has 0 aromatic rings. The van der Waals surface area contributed by atoms with E-state index in [9.17, 15) is 4.79 Å². The van der Waals surface area contributed by atoms with E-state index < -0.39 is 5.97 Å². The summed E-state index contributed by atoms with van der Waals surface area (Å²) in [4.78, 5) is 10.5. The van der Waals surface area contributed by atoms with E-state index in [1.165, 1.54) is 12.8 Å². The summed E-state index contributed by atoms with van der Waals surface area (Å²) in [7, 11) is 0. The van der Waals surface area contributed by atoms with Crippen LogP contribution in [0.2, 0.25) is 0 Å². The third kappa shape index (κ3) is 6.50. The highest BCUT2D eigenvalue weighted by molar-refractivity contribution is 5.67. The topological polar surface area (TPSA) is 63.3 Å². The lowest BCUT2D eigenvalue weighted by atomic mass is 9.86. The van der Waals surface area contributed by atoms with Gasteiger partial charge in [-0.05, 0) is 18.3 Å². The monoisotopic (exact) mass is 215 g/mol. The summed E-state index contributed by atoms with van der Waals surface area (Å²) >= 11 is 0. The molecule has 3 heteroatoms. The van der Waals surface area contributed by atoms with Crippen LogP contribution < -0.4 is 5.73 Å². The molecule has 3 atom stereocenters. The summed E-state index contributed by atoms with van der Waals surface area (Å²) < 4.78 is 0. The molecule has 0 fully saturated rings. The standard InChI is InChI=1S/C12H25NO2/c1-4-6-10(5-2)7-9(3)11(13)8-12(14)15/h9-11H,4-8,13H2,1-3H3,(H,14,15). The second-order valence-electron chi connectivity index (χ2n) is 4.54. The number of hydrogen-bond donors (Lipinski definition) is 2. The minimum absolute atomic E-state index is 0.0870. The van der Waals surface area contributed by atoms with Crippen molar-refractivity contribution < 1.29 is 9.90 Å². The minimum Gasteiger partial charge on any atom is -0.481 e. The molecule has 0 saturated carbocycles. The van der Waals surface area contributed by atoms with Gasteiger partial charge in [-0.1, -0.05) is 40.0 Å². The highest BCUT2D eigenvalue weighted by Gasteiger charge is 2.19. The van der Waals surface area contributed by atoms with Crippen LogP contribution in [0.15, 0.2) is 0 Å². The molecule has 0 aliphatic heterocycles. The van der Waals surface area contributed by atoms with Gasteiger partial charge in [-0.25, -0.2) is 0 Å². The van der Waals surface area contributed by atoms with Crippen molar-refractivity contribution in [2.45, 2.75) is 58.9 Å². The molecule has 15 heavy (non-hydrogen) atoms. The van der Waals surface area contributed by atoms with Gasteiger partial charge < -0.3 is 10.8 Å². The summed E-state index contributed by atoms with van der Waals surface area (Å²) in [6.07, 6.45) is 4.72. The van der Waals surface area contributed by atoms with Crippen molar-refractivity contribution >= 4 is 5.97 Å². The van der Waals surface area contributed by atoms with E-state index in [-0.39, 0.29) is 12.5 Å². The average Bonchev–Trinajstić information content (AvgIpc) is 2.15. The number of carboxylic acids is 1. The van der Waals surface area contributed by atoms with Gasteiger partial charge >= 0.3 is 5.97 Å². The summed E-state index contributed by atoms with van der Waals surface area (Å²) in [5.41, 5.74) is 5.84. The fourth-order valence-corrected chi connectivity index (χ4v) is 2.00. The Hall–Kier alpha value is -0.570. The van der Waals surface area contributed by atoms with Crippen molar-refractivity contribution in [1.82, 2.24) is 0 Å². The zero-order chi connectivity index (χ0) is 11.8. The molecule has 0 radical (unpaired) electrons. The first-order chi connectivity index (χ1) is 7.01. The van der Waals surface area contributed by atoms with E-state index in [1.54, 1.807) is 0 Å². The van der Waals surface area contributed by atoms with Gasteiger partial charge in [0.1, 0.15) is 0 Å². The van der Waals surface area contributed by atoms with Gasteiger partial charge in [-0.15, -0.1) is 0 Å². The van der Waals surface area contributed by atoms with Crippen LogP contribution in [-0.2, 0) is 4.79 Å². The number of aliphatic carboxylic acids is 1. The molecule has 3 nitrogen and oxygen atoms in total. The van der Waals surface area contributed by atoms with E-state index in [0.29, 0.717) is 11.8 Å². The third-order valence-electron chi connectivity index (χ3n) is 3.12. The number of nitrogens with two attached hydrogens (primary N) is 1. The molecule has 0 heterocycles. The summed E-state index contributed by atoms with van der Waals surface area (Å²) in [6, 6.07) is -0.201. The highest BCUT2D eigenvalue weighted by Crippen LogP contribution is 2.22. The van der Waals surface area contributed by atoms with Crippen molar-refractivity contribution in [2.75, 3.05) is 0 Å². The zero-order valence-electron chi connectivity index (χ0n) is 10.2. The first-order valence-electron chi connectivity index (χ1n) is 5.98. The number of hydrogen-bond acceptors (Lipinski definition) is 2. The van der Waals surface area contributed by atoms with Crippen LogP contribution in [0.1, 0.15) is 52.9 Å². The van der Waals surface area contributed by atoms with Gasteiger partial charge in [0.15, 0.2) is 0 Å². The molecule has 0 aromatic carbocycles. The van der Waals surface area contributed by atoms with E-state index >= 15 is 0 Å². The van der Waals surface area contributed by atoms with Crippen LogP contribution in [0.5, 0.6) is 0 Å². The molecule has 0 saturated heterocycles. The van der Waals surface area contributed by atoms with Gasteiger partial charge in [0.25, 0.3) is 0 Å². The van der Waals surface area contributed by atoms with Crippen LogP contribution in [0.3, 0.4) is 0 Å². The van der Waals surface area contributed by atoms with Gasteiger partial charge in [0.05, 0.1) is 6.42 Å². The van der Waals surface area contributed by atoms with Crippen LogP contribution >= 0.6 is 0 Å². The van der Waals surface area contributed by atoms with E-state index in [0.717, 1.165) is 12.8 Å². The molecular formula is C12H25NO2. The van der Waals surface area contributed by atoms with Gasteiger partial charge in [-0.3, -0.25) is 4.79 Å². The first kappa shape index (κ1) is 14.4. The Balaban J connectivity index is 3.97. The quantitative estimate of drug-likeness (QED) is 0.654. The molecule has 3 unspecified atom stereocenters. The molecule has 0 rings (SSSR count). The summed E-state index contributed by atoms with van der Waals surface area (Å²) in [6.45, 7) is 6.44. The Bertz CT molecular complexity index is 182. The smallest absolute Gasteiger partial charge is 0.304 e. The molecule has 90 valence electrons. The van der Waals surface area contributed by atoms with Crippen LogP contribution in [0.25, 0.3) is 0 Å². The molecule has 0 spiro atoms. The third-order valence-corrected chi connectivity index (χ3v) is 3.12. The fraction of sp³-hybridized carbons (Fsp3) is 0.917. The first-order valence-corrected chi connectivity index (χ1v) is 5.98. The second kappa shape index (κ2) is 7.69. The number of carbonyl (C=O) groups is 1. The van der Waals surface area contributed by atoms with Gasteiger partial charge in [-0.2, -0.15) is 0 Å². The Morgan fingerprint density at radius 2 is 2.00 bits per heavy atom. The van der Waals surface area contributed by atoms with E-state index in [2.05, 4.69) is 20.8 Å². The second-order valence-corrected chi connectivity index (χ2v) is 4.54. The Kier molecular flexibility index (Phi) is 7.39. The number of rotatable bonds is 8. The molecule has 0 aliphatic carbocycles. The molecular weight excluding hydrogens is 190 g/mol. The van der Waals surface area contributed by atoms with E-state index in [4.69, 9.17) is 10.8 Å². The molecule has 0 amide bonds. The van der Waals surface area contributed by atoms with Crippen LogP contribution in [0.4, 0.5) is 0 Å². The molecule has 0 aromatic heterocycles. The molecule has 3 N–H and O–H groups in total. The van der Waals surface area contributed by atoms with Gasteiger partial charge in [0, 0.05) is 6.04 Å².